The van der Waals surface area contributed by atoms with Crippen LogP contribution in [-0.4, -0.2) is 35.2 Å². The molecular formula is C27H34ClFN2O2. The number of carbonyl (C=O) groups excluding carboxylic acids is 2. The topological polar surface area (TPSA) is 49.4 Å². The van der Waals surface area contributed by atoms with Crippen LogP contribution in [0.1, 0.15) is 55.8 Å². The minimum absolute atomic E-state index is 0.0502. The van der Waals surface area contributed by atoms with Crippen molar-refractivity contribution < 1.29 is 14.0 Å². The number of alkyl halides is 1. The van der Waals surface area contributed by atoms with E-state index in [0.717, 1.165) is 30.4 Å². The van der Waals surface area contributed by atoms with Crippen LogP contribution < -0.4 is 5.32 Å². The van der Waals surface area contributed by atoms with Crippen molar-refractivity contribution in [2.45, 2.75) is 58.5 Å². The molecule has 4 nitrogen and oxygen atoms in total. The molecule has 178 valence electrons. The third-order valence-electron chi connectivity index (χ3n) is 6.98. The normalized spacial score (nSPS) is 21.3. The highest BCUT2D eigenvalue weighted by Gasteiger charge is 2.35. The minimum atomic E-state index is -0.869. The van der Waals surface area contributed by atoms with Crippen molar-refractivity contribution in [3.8, 4) is 0 Å². The average molecular weight is 473 g/mol. The molecule has 1 aliphatic carbocycles. The third-order valence-corrected chi connectivity index (χ3v) is 7.21. The van der Waals surface area contributed by atoms with E-state index in [1.165, 1.54) is 17.0 Å². The van der Waals surface area contributed by atoms with Crippen molar-refractivity contribution >= 4 is 23.4 Å². The van der Waals surface area contributed by atoms with Crippen molar-refractivity contribution in [2.75, 3.05) is 12.4 Å². The van der Waals surface area contributed by atoms with Crippen LogP contribution >= 0.6 is 11.6 Å². The van der Waals surface area contributed by atoms with Crippen molar-refractivity contribution in [3.05, 3.63) is 71.0 Å². The van der Waals surface area contributed by atoms with Crippen molar-refractivity contribution in [3.63, 3.8) is 0 Å². The van der Waals surface area contributed by atoms with E-state index in [2.05, 4.69) is 19.2 Å². The molecule has 4 atom stereocenters. The molecule has 2 aromatic carbocycles. The number of rotatable bonds is 8. The maximum Gasteiger partial charge on any atom is 0.247 e. The Labute approximate surface area is 201 Å². The number of hydrogen-bond acceptors (Lipinski definition) is 2. The molecule has 2 amide bonds. The van der Waals surface area contributed by atoms with Gasteiger partial charge in [0.1, 0.15) is 17.7 Å². The highest BCUT2D eigenvalue weighted by molar-refractivity contribution is 6.27. The Morgan fingerprint density at radius 2 is 1.76 bits per heavy atom. The van der Waals surface area contributed by atoms with Gasteiger partial charge in [0, 0.05) is 12.6 Å². The van der Waals surface area contributed by atoms with E-state index in [9.17, 15) is 14.0 Å². The van der Waals surface area contributed by atoms with Crippen LogP contribution in [0.15, 0.2) is 48.5 Å². The molecule has 1 fully saturated rings. The molecule has 0 aliphatic heterocycles. The molecule has 2 aromatic rings. The molecule has 6 heteroatoms. The summed E-state index contributed by atoms with van der Waals surface area (Å²) in [5, 5.41) is 3.21. The summed E-state index contributed by atoms with van der Waals surface area (Å²) in [6, 6.07) is 13.1. The van der Waals surface area contributed by atoms with Crippen LogP contribution in [0.2, 0.25) is 0 Å². The number of nitrogens with zero attached hydrogens (tertiary/aromatic N) is 1. The number of halogens is 2. The second kappa shape index (κ2) is 11.6. The maximum atomic E-state index is 13.6. The van der Waals surface area contributed by atoms with E-state index in [0.29, 0.717) is 30.4 Å². The van der Waals surface area contributed by atoms with Crippen molar-refractivity contribution in [2.24, 2.45) is 11.8 Å². The molecule has 0 aromatic heterocycles. The quantitative estimate of drug-likeness (QED) is 0.521. The summed E-state index contributed by atoms with van der Waals surface area (Å²) in [6.45, 7) is 6.74. The van der Waals surface area contributed by atoms with Crippen molar-refractivity contribution in [1.82, 2.24) is 10.2 Å². The predicted molar refractivity (Wildman–Crippen MR) is 131 cm³/mol. The zero-order chi connectivity index (χ0) is 24.0. The van der Waals surface area contributed by atoms with Gasteiger partial charge in [0.15, 0.2) is 0 Å². The zero-order valence-electron chi connectivity index (χ0n) is 19.7. The second-order valence-electron chi connectivity index (χ2n) is 9.29. The summed E-state index contributed by atoms with van der Waals surface area (Å²) in [5.41, 5.74) is 2.81. The van der Waals surface area contributed by atoms with Crippen LogP contribution in [-0.2, 0) is 16.0 Å². The summed E-state index contributed by atoms with van der Waals surface area (Å²) >= 11 is 5.96. The monoisotopic (exact) mass is 472 g/mol. The number of amides is 2. The molecule has 33 heavy (non-hydrogen) atoms. The van der Waals surface area contributed by atoms with Gasteiger partial charge in [0.2, 0.25) is 11.8 Å². The number of benzene rings is 2. The molecule has 0 spiro atoms. The van der Waals surface area contributed by atoms with Crippen LogP contribution in [0.5, 0.6) is 0 Å². The smallest absolute Gasteiger partial charge is 0.247 e. The number of aryl methyl sites for hydroxylation is 1. The first-order valence-corrected chi connectivity index (χ1v) is 12.3. The molecule has 0 radical (unpaired) electrons. The summed E-state index contributed by atoms with van der Waals surface area (Å²) in [6.07, 6.45) is 3.72. The van der Waals surface area contributed by atoms with Crippen LogP contribution in [0.4, 0.5) is 4.39 Å². The SMILES string of the molecule is Cc1ccc(CCN(C(=O)CCl)[C@H](C(=O)N[C@@H]2CCC[C@H](C)[C@@H]2C)c2ccc(F)cc2)cc1. The van der Waals surface area contributed by atoms with E-state index in [4.69, 9.17) is 11.6 Å². The van der Waals surface area contributed by atoms with Gasteiger partial charge in [0.05, 0.1) is 0 Å². The maximum absolute atomic E-state index is 13.6. The summed E-state index contributed by atoms with van der Waals surface area (Å²) in [7, 11) is 0. The van der Waals surface area contributed by atoms with Gasteiger partial charge in [-0.15, -0.1) is 11.6 Å². The Hall–Kier alpha value is -2.40. The fourth-order valence-electron chi connectivity index (χ4n) is 4.64. The molecule has 1 saturated carbocycles. The number of nitrogens with one attached hydrogen (secondary N) is 1. The minimum Gasteiger partial charge on any atom is -0.351 e. The summed E-state index contributed by atoms with van der Waals surface area (Å²) in [5.74, 6) is -0.303. The van der Waals surface area contributed by atoms with E-state index >= 15 is 0 Å². The Morgan fingerprint density at radius 1 is 1.09 bits per heavy atom. The standard InChI is InChI=1S/C27H34ClFN2O2/c1-18-7-9-21(10-8-18)15-16-31(25(32)17-28)26(22-11-13-23(29)14-12-22)27(33)30-24-6-4-5-19(2)20(24)3/h7-14,19-20,24,26H,4-6,15-17H2,1-3H3,(H,30,33)/t19-,20-,24+,26-/m0/s1. The van der Waals surface area contributed by atoms with Crippen LogP contribution in [0.25, 0.3) is 0 Å². The molecule has 3 rings (SSSR count). The Bertz CT molecular complexity index is 932. The Morgan fingerprint density at radius 3 is 2.39 bits per heavy atom. The van der Waals surface area contributed by atoms with Gasteiger partial charge >= 0.3 is 0 Å². The summed E-state index contributed by atoms with van der Waals surface area (Å²) in [4.78, 5) is 28.1. The second-order valence-corrected chi connectivity index (χ2v) is 9.56. The lowest BCUT2D eigenvalue weighted by atomic mass is 9.78. The van der Waals surface area contributed by atoms with E-state index in [-0.39, 0.29) is 29.6 Å². The van der Waals surface area contributed by atoms with Gasteiger partial charge in [-0.3, -0.25) is 9.59 Å². The van der Waals surface area contributed by atoms with E-state index < -0.39 is 6.04 Å². The van der Waals surface area contributed by atoms with Crippen LogP contribution in [0.3, 0.4) is 0 Å². The molecule has 0 heterocycles. The lowest BCUT2D eigenvalue weighted by Gasteiger charge is -2.37. The fraction of sp³-hybridized carbons (Fsp3) is 0.481. The lowest BCUT2D eigenvalue weighted by molar-refractivity contribution is -0.139. The molecule has 0 saturated heterocycles. The first-order chi connectivity index (χ1) is 15.8. The van der Waals surface area contributed by atoms with Gasteiger partial charge in [-0.1, -0.05) is 68.7 Å². The molecule has 0 bridgehead atoms. The number of hydrogen-bond donors (Lipinski definition) is 1. The third kappa shape index (κ3) is 6.57. The molecule has 1 N–H and O–H groups in total. The first kappa shape index (κ1) is 25.2. The first-order valence-electron chi connectivity index (χ1n) is 11.8. The zero-order valence-corrected chi connectivity index (χ0v) is 20.4. The molecule has 0 unspecified atom stereocenters. The van der Waals surface area contributed by atoms with Gasteiger partial charge in [-0.2, -0.15) is 0 Å². The summed E-state index contributed by atoms with van der Waals surface area (Å²) < 4.78 is 13.6. The molecule has 1 aliphatic rings. The Balaban J connectivity index is 1.88. The van der Waals surface area contributed by atoms with Gasteiger partial charge in [-0.05, 0) is 54.9 Å². The lowest BCUT2D eigenvalue weighted by Crippen LogP contribution is -2.50. The average Bonchev–Trinajstić information content (AvgIpc) is 2.81. The fourth-order valence-corrected chi connectivity index (χ4v) is 4.80. The number of carbonyl (C=O) groups is 2. The van der Waals surface area contributed by atoms with Gasteiger partial charge in [-0.25, -0.2) is 4.39 Å². The highest BCUT2D eigenvalue weighted by Crippen LogP contribution is 2.31. The van der Waals surface area contributed by atoms with Crippen LogP contribution in [0, 0.1) is 24.6 Å². The van der Waals surface area contributed by atoms with Gasteiger partial charge in [0.25, 0.3) is 0 Å². The van der Waals surface area contributed by atoms with E-state index in [1.54, 1.807) is 12.1 Å². The van der Waals surface area contributed by atoms with E-state index in [1.807, 2.05) is 31.2 Å². The largest absolute Gasteiger partial charge is 0.351 e. The Kier molecular flexibility index (Phi) is 8.90. The van der Waals surface area contributed by atoms with Crippen molar-refractivity contribution in [1.29, 1.82) is 0 Å². The predicted octanol–water partition coefficient (Wildman–Crippen LogP) is 5.43. The van der Waals surface area contributed by atoms with Gasteiger partial charge < -0.3 is 10.2 Å². The molecular weight excluding hydrogens is 439 g/mol. The highest BCUT2D eigenvalue weighted by atomic mass is 35.5.